The van der Waals surface area contributed by atoms with Gasteiger partial charge < -0.3 is 0 Å². The van der Waals surface area contributed by atoms with Crippen LogP contribution in [0.3, 0.4) is 0 Å². The van der Waals surface area contributed by atoms with Crippen LogP contribution in [-0.4, -0.2) is 19.8 Å². The third-order valence-electron chi connectivity index (χ3n) is 3.09. The molecule has 0 bridgehead atoms. The number of sulfonamides is 1. The largest absolute Gasteiger partial charge is 0.244 e. The van der Waals surface area contributed by atoms with Gasteiger partial charge in [-0.2, -0.15) is 4.31 Å². The van der Waals surface area contributed by atoms with Gasteiger partial charge in [0, 0.05) is 18.1 Å². The van der Waals surface area contributed by atoms with E-state index in [0.29, 0.717) is 6.54 Å². The molecule has 0 amide bonds. The molecule has 0 radical (unpaired) electrons. The van der Waals surface area contributed by atoms with Gasteiger partial charge in [0.2, 0.25) is 10.0 Å². The van der Waals surface area contributed by atoms with E-state index in [1.54, 1.807) is 25.2 Å². The van der Waals surface area contributed by atoms with Crippen LogP contribution >= 0.6 is 27.5 Å². The topological polar surface area (TPSA) is 37.4 Å². The second kappa shape index (κ2) is 6.48. The van der Waals surface area contributed by atoms with Crippen LogP contribution in [0.2, 0.25) is 5.02 Å². The van der Waals surface area contributed by atoms with Gasteiger partial charge in [-0.3, -0.25) is 0 Å². The van der Waals surface area contributed by atoms with E-state index in [0.717, 1.165) is 15.6 Å². The fourth-order valence-electron chi connectivity index (χ4n) is 1.91. The summed E-state index contributed by atoms with van der Waals surface area (Å²) in [6.07, 6.45) is 0. The van der Waals surface area contributed by atoms with Crippen molar-refractivity contribution in [3.05, 3.63) is 63.1 Å². The van der Waals surface area contributed by atoms with Crippen molar-refractivity contribution < 1.29 is 8.42 Å². The summed E-state index contributed by atoms with van der Waals surface area (Å²) >= 11 is 9.42. The van der Waals surface area contributed by atoms with E-state index in [-0.39, 0.29) is 9.92 Å². The number of hydrogen-bond acceptors (Lipinski definition) is 2. The van der Waals surface area contributed by atoms with Crippen LogP contribution in [0.25, 0.3) is 0 Å². The second-order valence-electron chi connectivity index (χ2n) is 4.82. The number of rotatable bonds is 4. The first-order chi connectivity index (χ1) is 9.80. The van der Waals surface area contributed by atoms with Crippen LogP contribution in [0, 0.1) is 6.92 Å². The van der Waals surface area contributed by atoms with Gasteiger partial charge in [0.1, 0.15) is 4.90 Å². The number of nitrogens with zero attached hydrogens (tertiary/aromatic N) is 1. The molecule has 0 aliphatic heterocycles. The molecule has 2 aromatic rings. The lowest BCUT2D eigenvalue weighted by atomic mass is 10.2. The summed E-state index contributed by atoms with van der Waals surface area (Å²) in [6.45, 7) is 2.16. The minimum Gasteiger partial charge on any atom is -0.207 e. The predicted molar refractivity (Wildman–Crippen MR) is 89.0 cm³/mol. The molecule has 0 N–H and O–H groups in total. The lowest BCUT2D eigenvalue weighted by molar-refractivity contribution is 0.467. The molecule has 0 atom stereocenters. The average molecular weight is 389 g/mol. The molecule has 0 aromatic heterocycles. The highest BCUT2D eigenvalue weighted by Crippen LogP contribution is 2.26. The fraction of sp³-hybridized carbons (Fsp3) is 0.200. The summed E-state index contributed by atoms with van der Waals surface area (Å²) in [5, 5.41) is 0.248. The maximum absolute atomic E-state index is 12.6. The van der Waals surface area contributed by atoms with E-state index < -0.39 is 10.0 Å². The van der Waals surface area contributed by atoms with Crippen LogP contribution in [0.15, 0.2) is 51.8 Å². The predicted octanol–water partition coefficient (Wildman–Crippen LogP) is 4.23. The summed E-state index contributed by atoms with van der Waals surface area (Å²) in [5.41, 5.74) is 1.84. The van der Waals surface area contributed by atoms with Gasteiger partial charge >= 0.3 is 0 Å². The van der Waals surface area contributed by atoms with Gasteiger partial charge in [-0.25, -0.2) is 8.42 Å². The maximum Gasteiger partial charge on any atom is 0.244 e. The molecular weight excluding hydrogens is 374 g/mol. The van der Waals surface area contributed by atoms with Crippen molar-refractivity contribution in [2.75, 3.05) is 7.05 Å². The van der Waals surface area contributed by atoms with Crippen molar-refractivity contribution in [1.29, 1.82) is 0 Å². The lowest BCUT2D eigenvalue weighted by Gasteiger charge is -2.18. The molecule has 21 heavy (non-hydrogen) atoms. The highest BCUT2D eigenvalue weighted by atomic mass is 79.9. The minimum atomic E-state index is -3.61. The van der Waals surface area contributed by atoms with Crippen molar-refractivity contribution in [2.45, 2.75) is 18.4 Å². The molecule has 0 spiro atoms. The highest BCUT2D eigenvalue weighted by molar-refractivity contribution is 9.10. The quantitative estimate of drug-likeness (QED) is 0.786. The van der Waals surface area contributed by atoms with Gasteiger partial charge in [0.15, 0.2) is 0 Å². The molecule has 2 aromatic carbocycles. The average Bonchev–Trinajstić information content (AvgIpc) is 2.40. The smallest absolute Gasteiger partial charge is 0.207 e. The Hall–Kier alpha value is -0.880. The molecule has 0 fully saturated rings. The SMILES string of the molecule is Cc1ccc(S(=O)(=O)N(C)Cc2ccc(Br)cc2)c(Cl)c1. The van der Waals surface area contributed by atoms with Gasteiger partial charge in [-0.1, -0.05) is 45.7 Å². The van der Waals surface area contributed by atoms with Crippen molar-refractivity contribution in [3.63, 3.8) is 0 Å². The molecule has 0 aliphatic rings. The summed E-state index contributed by atoms with van der Waals surface area (Å²) in [7, 11) is -2.06. The fourth-order valence-corrected chi connectivity index (χ4v) is 3.91. The monoisotopic (exact) mass is 387 g/mol. The summed E-state index contributed by atoms with van der Waals surface area (Å²) in [4.78, 5) is 0.134. The Morgan fingerprint density at radius 1 is 1.14 bits per heavy atom. The zero-order valence-corrected chi connectivity index (χ0v) is 14.8. The lowest BCUT2D eigenvalue weighted by Crippen LogP contribution is -2.26. The van der Waals surface area contributed by atoms with Gasteiger partial charge in [0.25, 0.3) is 0 Å². The van der Waals surface area contributed by atoms with E-state index in [1.807, 2.05) is 31.2 Å². The number of hydrogen-bond donors (Lipinski definition) is 0. The van der Waals surface area contributed by atoms with E-state index in [9.17, 15) is 8.42 Å². The van der Waals surface area contributed by atoms with Crippen LogP contribution in [0.5, 0.6) is 0 Å². The minimum absolute atomic E-state index is 0.134. The standard InChI is InChI=1S/C15H15BrClNO2S/c1-11-3-8-15(14(17)9-11)21(19,20)18(2)10-12-4-6-13(16)7-5-12/h3-9H,10H2,1-2H3. The highest BCUT2D eigenvalue weighted by Gasteiger charge is 2.23. The Balaban J connectivity index is 2.28. The zero-order valence-electron chi connectivity index (χ0n) is 11.7. The van der Waals surface area contributed by atoms with Gasteiger partial charge in [-0.15, -0.1) is 0 Å². The molecule has 2 rings (SSSR count). The van der Waals surface area contributed by atoms with Crippen LogP contribution < -0.4 is 0 Å². The first-order valence-electron chi connectivity index (χ1n) is 6.27. The van der Waals surface area contributed by atoms with Crippen molar-refractivity contribution >= 4 is 37.6 Å². The van der Waals surface area contributed by atoms with E-state index >= 15 is 0 Å². The molecule has 0 aliphatic carbocycles. The second-order valence-corrected chi connectivity index (χ2v) is 8.16. The number of aryl methyl sites for hydroxylation is 1. The van der Waals surface area contributed by atoms with E-state index in [1.165, 1.54) is 4.31 Å². The Bertz CT molecular complexity index is 745. The van der Waals surface area contributed by atoms with Crippen molar-refractivity contribution in [1.82, 2.24) is 4.31 Å². The van der Waals surface area contributed by atoms with Crippen LogP contribution in [0.1, 0.15) is 11.1 Å². The Morgan fingerprint density at radius 3 is 2.33 bits per heavy atom. The number of benzene rings is 2. The Labute approximate surface area is 138 Å². The Morgan fingerprint density at radius 2 is 1.76 bits per heavy atom. The van der Waals surface area contributed by atoms with E-state index in [4.69, 9.17) is 11.6 Å². The zero-order chi connectivity index (χ0) is 15.6. The van der Waals surface area contributed by atoms with Crippen LogP contribution in [0.4, 0.5) is 0 Å². The molecule has 0 saturated carbocycles. The third-order valence-corrected chi connectivity index (χ3v) is 5.91. The summed E-state index contributed by atoms with van der Waals surface area (Å²) in [6, 6.07) is 12.5. The van der Waals surface area contributed by atoms with E-state index in [2.05, 4.69) is 15.9 Å². The maximum atomic E-state index is 12.6. The van der Waals surface area contributed by atoms with Crippen molar-refractivity contribution in [3.8, 4) is 0 Å². The summed E-state index contributed by atoms with van der Waals surface area (Å²) < 4.78 is 27.4. The molecule has 6 heteroatoms. The van der Waals surface area contributed by atoms with Crippen molar-refractivity contribution in [2.24, 2.45) is 0 Å². The first kappa shape index (κ1) is 16.5. The first-order valence-corrected chi connectivity index (χ1v) is 8.89. The van der Waals surface area contributed by atoms with Gasteiger partial charge in [0.05, 0.1) is 5.02 Å². The Kier molecular flexibility index (Phi) is 5.09. The van der Waals surface area contributed by atoms with Gasteiger partial charge in [-0.05, 0) is 42.3 Å². The van der Waals surface area contributed by atoms with Crippen LogP contribution in [-0.2, 0) is 16.6 Å². The molecule has 112 valence electrons. The molecule has 0 heterocycles. The normalized spacial score (nSPS) is 11.9. The third kappa shape index (κ3) is 3.86. The molecule has 0 unspecified atom stereocenters. The number of halogens is 2. The molecule has 3 nitrogen and oxygen atoms in total. The molecular formula is C15H15BrClNO2S. The molecule has 0 saturated heterocycles. The summed E-state index contributed by atoms with van der Waals surface area (Å²) in [5.74, 6) is 0.